The summed E-state index contributed by atoms with van der Waals surface area (Å²) in [5.41, 5.74) is 1.29. The summed E-state index contributed by atoms with van der Waals surface area (Å²) in [7, 11) is -1.65. The van der Waals surface area contributed by atoms with E-state index in [2.05, 4.69) is 18.9 Å². The zero-order valence-electron chi connectivity index (χ0n) is 13.3. The standard InChI is InChI=1S/C14H27N3O2S/c1-6-8-10-17(11-9-7-2)20(18,19)14-12(3)15-16(5)13(14)4/h6-11H2,1-5H3. The number of nitrogens with zero attached hydrogens (tertiary/aromatic N) is 3. The van der Waals surface area contributed by atoms with E-state index in [4.69, 9.17) is 0 Å². The van der Waals surface area contributed by atoms with Gasteiger partial charge in [-0.05, 0) is 26.7 Å². The fourth-order valence-electron chi connectivity index (χ4n) is 2.28. The Labute approximate surface area is 123 Å². The van der Waals surface area contributed by atoms with E-state index in [0.29, 0.717) is 29.4 Å². The number of hydrogen-bond acceptors (Lipinski definition) is 3. The number of hydrogen-bond donors (Lipinski definition) is 0. The second kappa shape index (κ2) is 7.22. The largest absolute Gasteiger partial charge is 0.271 e. The third-order valence-corrected chi connectivity index (χ3v) is 5.71. The molecule has 0 aliphatic rings. The van der Waals surface area contributed by atoms with Crippen molar-refractivity contribution in [3.63, 3.8) is 0 Å². The van der Waals surface area contributed by atoms with Gasteiger partial charge in [0.1, 0.15) is 4.90 Å². The first-order valence-corrected chi connectivity index (χ1v) is 8.80. The van der Waals surface area contributed by atoms with E-state index in [1.165, 1.54) is 0 Å². The highest BCUT2D eigenvalue weighted by Gasteiger charge is 2.29. The van der Waals surface area contributed by atoms with Gasteiger partial charge < -0.3 is 0 Å². The molecular weight excluding hydrogens is 274 g/mol. The van der Waals surface area contributed by atoms with Crippen LogP contribution in [0, 0.1) is 13.8 Å². The van der Waals surface area contributed by atoms with Gasteiger partial charge in [0.15, 0.2) is 0 Å². The molecule has 20 heavy (non-hydrogen) atoms. The van der Waals surface area contributed by atoms with Crippen LogP contribution in [0.15, 0.2) is 4.90 Å². The molecule has 5 nitrogen and oxygen atoms in total. The Hall–Kier alpha value is -0.880. The lowest BCUT2D eigenvalue weighted by Crippen LogP contribution is -2.33. The van der Waals surface area contributed by atoms with Crippen LogP contribution in [0.2, 0.25) is 0 Å². The van der Waals surface area contributed by atoms with E-state index in [1.54, 1.807) is 23.0 Å². The molecule has 0 aliphatic carbocycles. The molecule has 1 aromatic rings. The van der Waals surface area contributed by atoms with Gasteiger partial charge >= 0.3 is 0 Å². The van der Waals surface area contributed by atoms with Gasteiger partial charge in [0.05, 0.1) is 11.4 Å². The summed E-state index contributed by atoms with van der Waals surface area (Å²) in [5.74, 6) is 0. The van der Waals surface area contributed by atoms with Crippen molar-refractivity contribution in [2.24, 2.45) is 7.05 Å². The fourth-order valence-corrected chi connectivity index (χ4v) is 4.19. The highest BCUT2D eigenvalue weighted by atomic mass is 32.2. The summed E-state index contributed by atoms with van der Waals surface area (Å²) >= 11 is 0. The fraction of sp³-hybridized carbons (Fsp3) is 0.786. The van der Waals surface area contributed by atoms with E-state index in [0.717, 1.165) is 25.7 Å². The lowest BCUT2D eigenvalue weighted by Gasteiger charge is -2.22. The van der Waals surface area contributed by atoms with Gasteiger partial charge in [-0.25, -0.2) is 8.42 Å². The van der Waals surface area contributed by atoms with E-state index >= 15 is 0 Å². The molecule has 1 heterocycles. The minimum atomic E-state index is -3.44. The van der Waals surface area contributed by atoms with E-state index in [-0.39, 0.29) is 0 Å². The maximum Gasteiger partial charge on any atom is 0.246 e. The lowest BCUT2D eigenvalue weighted by atomic mass is 10.3. The first-order valence-electron chi connectivity index (χ1n) is 7.36. The highest BCUT2D eigenvalue weighted by molar-refractivity contribution is 7.89. The predicted octanol–water partition coefficient (Wildman–Crippen LogP) is 2.63. The molecule has 0 fully saturated rings. The minimum absolute atomic E-state index is 0.382. The predicted molar refractivity (Wildman–Crippen MR) is 81.3 cm³/mol. The molecule has 0 spiro atoms. The maximum absolute atomic E-state index is 12.9. The molecule has 1 aromatic heterocycles. The number of sulfonamides is 1. The molecule has 0 N–H and O–H groups in total. The van der Waals surface area contributed by atoms with Crippen molar-refractivity contribution >= 4 is 10.0 Å². The summed E-state index contributed by atoms with van der Waals surface area (Å²) in [6.07, 6.45) is 3.76. The molecule has 0 saturated heterocycles. The van der Waals surface area contributed by atoms with Crippen LogP contribution in [0.3, 0.4) is 0 Å². The third kappa shape index (κ3) is 3.61. The summed E-state index contributed by atoms with van der Waals surface area (Å²) in [6, 6.07) is 0. The zero-order valence-corrected chi connectivity index (χ0v) is 14.1. The van der Waals surface area contributed by atoms with Crippen LogP contribution >= 0.6 is 0 Å². The normalized spacial score (nSPS) is 12.3. The van der Waals surface area contributed by atoms with Crippen LogP contribution in [0.1, 0.15) is 50.9 Å². The minimum Gasteiger partial charge on any atom is -0.271 e. The van der Waals surface area contributed by atoms with Crippen LogP contribution in [-0.2, 0) is 17.1 Å². The Bertz CT molecular complexity index is 527. The number of aromatic nitrogens is 2. The molecule has 0 aliphatic heterocycles. The van der Waals surface area contributed by atoms with Gasteiger partial charge in [-0.3, -0.25) is 4.68 Å². The average molecular weight is 301 g/mol. The van der Waals surface area contributed by atoms with E-state index in [1.807, 2.05) is 6.92 Å². The Morgan fingerprint density at radius 3 is 1.95 bits per heavy atom. The molecule has 1 rings (SSSR count). The van der Waals surface area contributed by atoms with Crippen LogP contribution in [0.25, 0.3) is 0 Å². The smallest absolute Gasteiger partial charge is 0.246 e. The van der Waals surface area contributed by atoms with Crippen LogP contribution in [0.5, 0.6) is 0 Å². The Balaban J connectivity index is 3.14. The molecule has 0 amide bonds. The second-order valence-electron chi connectivity index (χ2n) is 5.23. The van der Waals surface area contributed by atoms with Crippen molar-refractivity contribution in [1.29, 1.82) is 0 Å². The van der Waals surface area contributed by atoms with E-state index < -0.39 is 10.0 Å². The van der Waals surface area contributed by atoms with Gasteiger partial charge in [-0.15, -0.1) is 0 Å². The van der Waals surface area contributed by atoms with Crippen molar-refractivity contribution < 1.29 is 8.42 Å². The topological polar surface area (TPSA) is 55.2 Å². The van der Waals surface area contributed by atoms with Gasteiger partial charge in [-0.1, -0.05) is 26.7 Å². The summed E-state index contributed by atoms with van der Waals surface area (Å²) in [4.78, 5) is 0.382. The van der Waals surface area contributed by atoms with Crippen molar-refractivity contribution in [3.05, 3.63) is 11.4 Å². The number of unbranched alkanes of at least 4 members (excludes halogenated alkanes) is 2. The first kappa shape index (κ1) is 17.2. The van der Waals surface area contributed by atoms with Crippen molar-refractivity contribution in [3.8, 4) is 0 Å². The van der Waals surface area contributed by atoms with Gasteiger partial charge in [0.25, 0.3) is 0 Å². The van der Waals surface area contributed by atoms with Crippen LogP contribution in [-0.4, -0.2) is 35.6 Å². The number of rotatable bonds is 8. The van der Waals surface area contributed by atoms with Crippen molar-refractivity contribution in [1.82, 2.24) is 14.1 Å². The Morgan fingerprint density at radius 1 is 1.10 bits per heavy atom. The molecule has 0 aromatic carbocycles. The third-order valence-electron chi connectivity index (χ3n) is 3.56. The molecule has 0 radical (unpaired) electrons. The van der Waals surface area contributed by atoms with Crippen LogP contribution in [0.4, 0.5) is 0 Å². The molecule has 6 heteroatoms. The van der Waals surface area contributed by atoms with Crippen molar-refractivity contribution in [2.45, 2.75) is 58.3 Å². The molecule has 0 bridgehead atoms. The average Bonchev–Trinajstić information content (AvgIpc) is 2.63. The summed E-state index contributed by atoms with van der Waals surface area (Å²) in [6.45, 7) is 8.90. The van der Waals surface area contributed by atoms with Crippen molar-refractivity contribution in [2.75, 3.05) is 13.1 Å². The van der Waals surface area contributed by atoms with Gasteiger partial charge in [0.2, 0.25) is 10.0 Å². The van der Waals surface area contributed by atoms with Crippen LogP contribution < -0.4 is 0 Å². The SMILES string of the molecule is CCCCN(CCCC)S(=O)(=O)c1c(C)nn(C)c1C. The molecule has 0 saturated carbocycles. The second-order valence-corrected chi connectivity index (χ2v) is 7.11. The molecule has 0 atom stereocenters. The summed E-state index contributed by atoms with van der Waals surface area (Å²) < 4.78 is 29.0. The first-order chi connectivity index (χ1) is 9.36. The molecule has 0 unspecified atom stereocenters. The van der Waals surface area contributed by atoms with E-state index in [9.17, 15) is 8.42 Å². The molecular formula is C14H27N3O2S. The highest BCUT2D eigenvalue weighted by Crippen LogP contribution is 2.23. The zero-order chi connectivity index (χ0) is 15.3. The quantitative estimate of drug-likeness (QED) is 0.741. The van der Waals surface area contributed by atoms with Gasteiger partial charge in [-0.2, -0.15) is 9.40 Å². The molecule has 116 valence electrons. The Kier molecular flexibility index (Phi) is 6.20. The monoisotopic (exact) mass is 301 g/mol. The number of aryl methyl sites for hydroxylation is 2. The van der Waals surface area contributed by atoms with Gasteiger partial charge in [0, 0.05) is 20.1 Å². The maximum atomic E-state index is 12.9. The lowest BCUT2D eigenvalue weighted by molar-refractivity contribution is 0.394. The summed E-state index contributed by atoms with van der Waals surface area (Å²) in [5, 5.41) is 4.23. The Morgan fingerprint density at radius 2 is 1.60 bits per heavy atom.